The van der Waals surface area contributed by atoms with Crippen LogP contribution >= 0.6 is 46.6 Å². The van der Waals surface area contributed by atoms with E-state index < -0.39 is 0 Å². The van der Waals surface area contributed by atoms with Crippen LogP contribution in [-0.4, -0.2) is 9.55 Å². The highest BCUT2D eigenvalue weighted by Gasteiger charge is 2.14. The van der Waals surface area contributed by atoms with Crippen molar-refractivity contribution in [3.05, 3.63) is 87.4 Å². The first-order valence-electron chi connectivity index (χ1n) is 7.38. The van der Waals surface area contributed by atoms with Crippen molar-refractivity contribution in [3.63, 3.8) is 0 Å². The molecule has 3 rings (SSSR count). The van der Waals surface area contributed by atoms with Gasteiger partial charge in [0.2, 0.25) is 0 Å². The molecule has 0 aliphatic rings. The van der Waals surface area contributed by atoms with Crippen molar-refractivity contribution in [1.82, 2.24) is 9.55 Å². The minimum absolute atomic E-state index is 0.283. The van der Waals surface area contributed by atoms with Crippen LogP contribution in [0.4, 0.5) is 0 Å². The van der Waals surface area contributed by atoms with Gasteiger partial charge >= 0.3 is 0 Å². The van der Waals surface area contributed by atoms with Gasteiger partial charge in [-0.3, -0.25) is 0 Å². The number of aromatic nitrogens is 2. The Hall–Kier alpha value is -1.13. The van der Waals surface area contributed by atoms with Gasteiger partial charge in [0.05, 0.1) is 16.4 Å². The van der Waals surface area contributed by atoms with Gasteiger partial charge in [0.15, 0.2) is 0 Å². The highest BCUT2D eigenvalue weighted by molar-refractivity contribution is 7.98. The molecule has 2 nitrogen and oxygen atoms in total. The maximum Gasteiger partial charge on any atom is 0.0946 e. The van der Waals surface area contributed by atoms with E-state index in [0.717, 1.165) is 22.9 Å². The summed E-state index contributed by atoms with van der Waals surface area (Å²) >= 11 is 20.0. The molecule has 1 aromatic heterocycles. The van der Waals surface area contributed by atoms with E-state index in [1.165, 1.54) is 5.56 Å². The van der Waals surface area contributed by atoms with E-state index in [0.29, 0.717) is 10.0 Å². The Morgan fingerprint density at radius 3 is 2.46 bits per heavy atom. The Morgan fingerprint density at radius 1 is 1.00 bits per heavy atom. The van der Waals surface area contributed by atoms with Crippen LogP contribution in [0.1, 0.15) is 16.4 Å². The number of imidazole rings is 1. The summed E-state index contributed by atoms with van der Waals surface area (Å²) in [5.41, 5.74) is 2.39. The largest absolute Gasteiger partial charge is 0.336 e. The van der Waals surface area contributed by atoms with Crippen LogP contribution in [0.15, 0.2) is 61.2 Å². The number of nitrogens with zero attached hydrogens (tertiary/aromatic N) is 2. The molecule has 6 heteroatoms. The molecular weight excluding hydrogens is 383 g/mol. The van der Waals surface area contributed by atoms with Crippen molar-refractivity contribution in [2.45, 2.75) is 17.5 Å². The Bertz CT molecular complexity index is 789. The lowest BCUT2D eigenvalue weighted by Gasteiger charge is -2.18. The topological polar surface area (TPSA) is 17.8 Å². The number of rotatable bonds is 6. The first-order chi connectivity index (χ1) is 11.6. The van der Waals surface area contributed by atoms with E-state index in [4.69, 9.17) is 34.8 Å². The van der Waals surface area contributed by atoms with E-state index in [1.807, 2.05) is 54.6 Å². The maximum absolute atomic E-state index is 6.11. The second-order valence-electron chi connectivity index (χ2n) is 5.36. The van der Waals surface area contributed by atoms with Crippen molar-refractivity contribution in [2.75, 3.05) is 0 Å². The number of benzene rings is 2. The van der Waals surface area contributed by atoms with Crippen LogP contribution in [0.3, 0.4) is 0 Å². The number of hydrogen-bond acceptors (Lipinski definition) is 2. The smallest absolute Gasteiger partial charge is 0.0946 e. The summed E-state index contributed by atoms with van der Waals surface area (Å²) in [4.78, 5) is 4.12. The minimum Gasteiger partial charge on any atom is -0.336 e. The second kappa shape index (κ2) is 8.30. The second-order valence-corrected chi connectivity index (χ2v) is 7.80. The first kappa shape index (κ1) is 17.7. The van der Waals surface area contributed by atoms with Gasteiger partial charge in [-0.1, -0.05) is 53.0 Å². The third-order valence-corrected chi connectivity index (χ3v) is 5.93. The molecule has 1 unspecified atom stereocenters. The highest BCUT2D eigenvalue weighted by Crippen LogP contribution is 2.35. The van der Waals surface area contributed by atoms with Gasteiger partial charge in [-0.25, -0.2) is 4.98 Å². The zero-order chi connectivity index (χ0) is 16.9. The van der Waals surface area contributed by atoms with Crippen LogP contribution in [-0.2, 0) is 12.3 Å². The molecule has 24 heavy (non-hydrogen) atoms. The van der Waals surface area contributed by atoms with Crippen LogP contribution < -0.4 is 0 Å². The molecule has 3 aromatic rings. The fourth-order valence-electron chi connectivity index (χ4n) is 2.34. The summed E-state index contributed by atoms with van der Waals surface area (Å²) in [7, 11) is 0. The van der Waals surface area contributed by atoms with Crippen molar-refractivity contribution < 1.29 is 0 Å². The first-order valence-corrected chi connectivity index (χ1v) is 9.57. The van der Waals surface area contributed by atoms with Gasteiger partial charge in [-0.05, 0) is 35.4 Å². The van der Waals surface area contributed by atoms with Gasteiger partial charge in [0.1, 0.15) is 0 Å². The van der Waals surface area contributed by atoms with Gasteiger partial charge in [0.25, 0.3) is 0 Å². The monoisotopic (exact) mass is 396 g/mol. The zero-order valence-electron chi connectivity index (χ0n) is 12.7. The third-order valence-electron chi connectivity index (χ3n) is 3.61. The summed E-state index contributed by atoms with van der Waals surface area (Å²) in [6, 6.07) is 13.8. The molecule has 124 valence electrons. The molecule has 0 fully saturated rings. The molecule has 2 aromatic carbocycles. The SMILES string of the molecule is Clc1ccc(C(Cn2ccnc2)SCc2ccc(Cl)c(Cl)c2)cc1. The normalized spacial score (nSPS) is 12.3. The number of thioether (sulfide) groups is 1. The van der Waals surface area contributed by atoms with Crippen molar-refractivity contribution >= 4 is 46.6 Å². The molecule has 0 N–H and O–H groups in total. The maximum atomic E-state index is 6.11. The lowest BCUT2D eigenvalue weighted by Crippen LogP contribution is -2.05. The Morgan fingerprint density at radius 2 is 1.79 bits per heavy atom. The molecule has 1 heterocycles. The standard InChI is InChI=1S/C18H15Cl3N2S/c19-15-4-2-14(3-5-15)18(10-23-8-7-22-12-23)24-11-13-1-6-16(20)17(21)9-13/h1-9,12,18H,10-11H2. The average Bonchev–Trinajstić information content (AvgIpc) is 3.08. The Balaban J connectivity index is 1.76. The Labute approximate surface area is 160 Å². The van der Waals surface area contributed by atoms with E-state index in [1.54, 1.807) is 6.20 Å². The van der Waals surface area contributed by atoms with Crippen molar-refractivity contribution in [2.24, 2.45) is 0 Å². The lowest BCUT2D eigenvalue weighted by molar-refractivity contribution is 0.683. The molecule has 0 amide bonds. The van der Waals surface area contributed by atoms with Crippen LogP contribution in [0.5, 0.6) is 0 Å². The zero-order valence-corrected chi connectivity index (χ0v) is 15.8. The lowest BCUT2D eigenvalue weighted by atomic mass is 10.1. The molecular formula is C18H15Cl3N2S. The molecule has 0 aliphatic heterocycles. The van der Waals surface area contributed by atoms with Gasteiger partial charge in [-0.15, -0.1) is 11.8 Å². The molecule has 0 aliphatic carbocycles. The fraction of sp³-hybridized carbons (Fsp3) is 0.167. The summed E-state index contributed by atoms with van der Waals surface area (Å²) in [6.45, 7) is 0.841. The molecule has 0 spiro atoms. The third kappa shape index (κ3) is 4.70. The van der Waals surface area contributed by atoms with Crippen molar-refractivity contribution in [1.29, 1.82) is 0 Å². The molecule has 1 atom stereocenters. The summed E-state index contributed by atoms with van der Waals surface area (Å²) in [5.74, 6) is 0.846. The highest BCUT2D eigenvalue weighted by atomic mass is 35.5. The quantitative estimate of drug-likeness (QED) is 0.471. The number of halogens is 3. The minimum atomic E-state index is 0.283. The van der Waals surface area contributed by atoms with Gasteiger partial charge in [0, 0.05) is 35.0 Å². The predicted octanol–water partition coefficient (Wildman–Crippen LogP) is 6.52. The van der Waals surface area contributed by atoms with Crippen LogP contribution in [0.2, 0.25) is 15.1 Å². The van der Waals surface area contributed by atoms with E-state index in [2.05, 4.69) is 21.7 Å². The molecule has 0 saturated heterocycles. The van der Waals surface area contributed by atoms with Crippen LogP contribution in [0.25, 0.3) is 0 Å². The fourth-order valence-corrected chi connectivity index (χ4v) is 3.99. The van der Waals surface area contributed by atoms with Crippen LogP contribution in [0, 0.1) is 0 Å². The van der Waals surface area contributed by atoms with Gasteiger partial charge in [-0.2, -0.15) is 0 Å². The van der Waals surface area contributed by atoms with E-state index in [-0.39, 0.29) is 5.25 Å². The molecule has 0 bridgehead atoms. The van der Waals surface area contributed by atoms with Crippen molar-refractivity contribution in [3.8, 4) is 0 Å². The van der Waals surface area contributed by atoms with Gasteiger partial charge < -0.3 is 4.57 Å². The van der Waals surface area contributed by atoms with E-state index >= 15 is 0 Å². The Kier molecular flexibility index (Phi) is 6.12. The number of hydrogen-bond donors (Lipinski definition) is 0. The predicted molar refractivity (Wildman–Crippen MR) is 104 cm³/mol. The molecule has 0 radical (unpaired) electrons. The molecule has 0 saturated carbocycles. The summed E-state index contributed by atoms with van der Waals surface area (Å²) in [6.07, 6.45) is 5.60. The average molecular weight is 398 g/mol. The summed E-state index contributed by atoms with van der Waals surface area (Å²) in [5, 5.41) is 2.20. The summed E-state index contributed by atoms with van der Waals surface area (Å²) < 4.78 is 2.08. The van der Waals surface area contributed by atoms with E-state index in [9.17, 15) is 0 Å².